The molecular weight excluding hydrogens is 352 g/mol. The van der Waals surface area contributed by atoms with Crippen molar-refractivity contribution in [2.75, 3.05) is 20.2 Å². The monoisotopic (exact) mass is 386 g/mol. The molecule has 1 saturated carbocycles. The molecule has 154 valence electrons. The molecule has 1 heterocycles. The average molecular weight is 387 g/mol. The highest BCUT2D eigenvalue weighted by atomic mass is 16.5. The SMILES string of the molecule is COc1ccccc1CCCNC(=O)C1CCC(=O)N(C2CCCCCC2)C1. The van der Waals surface area contributed by atoms with Gasteiger partial charge in [0.25, 0.3) is 0 Å². The van der Waals surface area contributed by atoms with Crippen molar-refractivity contribution >= 4 is 11.8 Å². The predicted molar refractivity (Wildman–Crippen MR) is 110 cm³/mol. The van der Waals surface area contributed by atoms with Crippen molar-refractivity contribution in [2.24, 2.45) is 5.92 Å². The molecule has 0 bridgehead atoms. The Kier molecular flexibility index (Phi) is 7.75. The molecule has 2 fully saturated rings. The molecule has 28 heavy (non-hydrogen) atoms. The van der Waals surface area contributed by atoms with Crippen molar-refractivity contribution in [3.05, 3.63) is 29.8 Å². The number of nitrogens with zero attached hydrogens (tertiary/aromatic N) is 1. The number of rotatable bonds is 7. The van der Waals surface area contributed by atoms with Gasteiger partial charge in [0.15, 0.2) is 0 Å². The first-order chi connectivity index (χ1) is 13.7. The molecule has 1 unspecified atom stereocenters. The number of para-hydroxylation sites is 1. The van der Waals surface area contributed by atoms with Crippen LogP contribution in [0.5, 0.6) is 5.75 Å². The number of nitrogens with one attached hydrogen (secondary N) is 1. The Hall–Kier alpha value is -2.04. The van der Waals surface area contributed by atoms with Gasteiger partial charge >= 0.3 is 0 Å². The molecule has 2 aliphatic rings. The fraction of sp³-hybridized carbons (Fsp3) is 0.652. The Balaban J connectivity index is 1.45. The van der Waals surface area contributed by atoms with Crippen LogP contribution in [0.3, 0.4) is 0 Å². The molecule has 0 spiro atoms. The van der Waals surface area contributed by atoms with E-state index >= 15 is 0 Å². The largest absolute Gasteiger partial charge is 0.496 e. The number of hydrogen-bond acceptors (Lipinski definition) is 3. The van der Waals surface area contributed by atoms with Gasteiger partial charge < -0.3 is 15.0 Å². The lowest BCUT2D eigenvalue weighted by Crippen LogP contribution is -2.50. The molecule has 1 aromatic carbocycles. The topological polar surface area (TPSA) is 58.6 Å². The highest BCUT2D eigenvalue weighted by molar-refractivity contribution is 5.84. The van der Waals surface area contributed by atoms with Crippen LogP contribution in [0.15, 0.2) is 24.3 Å². The molecule has 1 atom stereocenters. The molecule has 1 N–H and O–H groups in total. The van der Waals surface area contributed by atoms with Crippen LogP contribution in [0.4, 0.5) is 0 Å². The zero-order chi connectivity index (χ0) is 19.8. The minimum Gasteiger partial charge on any atom is -0.496 e. The van der Waals surface area contributed by atoms with Crippen molar-refractivity contribution in [1.82, 2.24) is 10.2 Å². The van der Waals surface area contributed by atoms with Gasteiger partial charge in [0.2, 0.25) is 11.8 Å². The van der Waals surface area contributed by atoms with Gasteiger partial charge in [-0.05, 0) is 43.7 Å². The van der Waals surface area contributed by atoms with Crippen LogP contribution in [0.1, 0.15) is 63.4 Å². The van der Waals surface area contributed by atoms with E-state index in [9.17, 15) is 9.59 Å². The summed E-state index contributed by atoms with van der Waals surface area (Å²) >= 11 is 0. The van der Waals surface area contributed by atoms with E-state index in [0.29, 0.717) is 32.0 Å². The van der Waals surface area contributed by atoms with Crippen molar-refractivity contribution in [1.29, 1.82) is 0 Å². The minimum atomic E-state index is -0.0628. The maximum Gasteiger partial charge on any atom is 0.224 e. The molecule has 5 nitrogen and oxygen atoms in total. The first-order valence-corrected chi connectivity index (χ1v) is 10.9. The van der Waals surface area contributed by atoms with Crippen LogP contribution >= 0.6 is 0 Å². The first-order valence-electron chi connectivity index (χ1n) is 10.9. The van der Waals surface area contributed by atoms with Gasteiger partial charge in [0.1, 0.15) is 5.75 Å². The van der Waals surface area contributed by atoms with Crippen molar-refractivity contribution in [3.63, 3.8) is 0 Å². The third-order valence-corrected chi connectivity index (χ3v) is 6.19. The summed E-state index contributed by atoms with van der Waals surface area (Å²) in [6.45, 7) is 1.26. The highest BCUT2D eigenvalue weighted by Gasteiger charge is 2.34. The van der Waals surface area contributed by atoms with Crippen LogP contribution < -0.4 is 10.1 Å². The number of aryl methyl sites for hydroxylation is 1. The average Bonchev–Trinajstić information content (AvgIpc) is 3.01. The molecule has 2 amide bonds. The van der Waals surface area contributed by atoms with Crippen LogP contribution in [0, 0.1) is 5.92 Å². The predicted octanol–water partition coefficient (Wildman–Crippen LogP) is 3.71. The summed E-state index contributed by atoms with van der Waals surface area (Å²) in [5, 5.41) is 3.09. The van der Waals surface area contributed by atoms with Gasteiger partial charge in [-0.3, -0.25) is 9.59 Å². The molecular formula is C23H34N2O3. The van der Waals surface area contributed by atoms with Gasteiger partial charge in [0.05, 0.1) is 13.0 Å². The Morgan fingerprint density at radius 3 is 2.64 bits per heavy atom. The summed E-state index contributed by atoms with van der Waals surface area (Å²) in [7, 11) is 1.69. The Labute approximate surface area is 168 Å². The van der Waals surface area contributed by atoms with Crippen molar-refractivity contribution in [2.45, 2.75) is 70.3 Å². The van der Waals surface area contributed by atoms with E-state index in [1.54, 1.807) is 7.11 Å². The summed E-state index contributed by atoms with van der Waals surface area (Å²) in [5.74, 6) is 1.18. The van der Waals surface area contributed by atoms with Crippen LogP contribution in [0.25, 0.3) is 0 Å². The van der Waals surface area contributed by atoms with E-state index in [1.165, 1.54) is 31.2 Å². The van der Waals surface area contributed by atoms with E-state index in [4.69, 9.17) is 4.74 Å². The molecule has 0 aromatic heterocycles. The van der Waals surface area contributed by atoms with Gasteiger partial charge in [-0.15, -0.1) is 0 Å². The van der Waals surface area contributed by atoms with Crippen molar-refractivity contribution < 1.29 is 14.3 Å². The zero-order valence-electron chi connectivity index (χ0n) is 17.1. The number of carbonyl (C=O) groups excluding carboxylic acids is 2. The second kappa shape index (κ2) is 10.5. The van der Waals surface area contributed by atoms with E-state index < -0.39 is 0 Å². The van der Waals surface area contributed by atoms with Crippen LogP contribution in [-0.4, -0.2) is 43.0 Å². The molecule has 1 aliphatic carbocycles. The molecule has 3 rings (SSSR count). The maximum absolute atomic E-state index is 12.7. The summed E-state index contributed by atoms with van der Waals surface area (Å²) in [6, 6.07) is 8.36. The van der Waals surface area contributed by atoms with Gasteiger partial charge in [-0.2, -0.15) is 0 Å². The van der Waals surface area contributed by atoms with Crippen LogP contribution in [0.2, 0.25) is 0 Å². The third kappa shape index (κ3) is 5.49. The van der Waals surface area contributed by atoms with E-state index in [2.05, 4.69) is 11.4 Å². The second-order valence-corrected chi connectivity index (χ2v) is 8.13. The number of hydrogen-bond donors (Lipinski definition) is 1. The molecule has 1 aromatic rings. The molecule has 1 saturated heterocycles. The number of methoxy groups -OCH3 is 1. The van der Waals surface area contributed by atoms with E-state index in [0.717, 1.165) is 31.4 Å². The molecule has 1 aliphatic heterocycles. The summed E-state index contributed by atoms with van der Waals surface area (Å²) in [6.07, 6.45) is 10.1. The summed E-state index contributed by atoms with van der Waals surface area (Å²) in [4.78, 5) is 27.1. The maximum atomic E-state index is 12.7. The molecule has 0 radical (unpaired) electrons. The lowest BCUT2D eigenvalue weighted by molar-refractivity contribution is -0.141. The quantitative estimate of drug-likeness (QED) is 0.574. The van der Waals surface area contributed by atoms with Crippen LogP contribution in [-0.2, 0) is 16.0 Å². The van der Waals surface area contributed by atoms with Crippen molar-refractivity contribution in [3.8, 4) is 5.75 Å². The second-order valence-electron chi connectivity index (χ2n) is 8.13. The number of amides is 2. The number of benzene rings is 1. The van der Waals surface area contributed by atoms with Gasteiger partial charge in [0, 0.05) is 25.6 Å². The van der Waals surface area contributed by atoms with E-state index in [1.807, 2.05) is 23.1 Å². The number of ether oxygens (including phenoxy) is 1. The number of piperidine rings is 1. The zero-order valence-corrected chi connectivity index (χ0v) is 17.1. The lowest BCUT2D eigenvalue weighted by atomic mass is 9.93. The fourth-order valence-corrected chi connectivity index (χ4v) is 4.55. The normalized spacial score (nSPS) is 21.2. The minimum absolute atomic E-state index is 0.0628. The standard InChI is InChI=1S/C23H34N2O3/c1-28-21-13-7-6-9-18(21)10-8-16-24-23(27)19-14-15-22(26)25(17-19)20-11-4-2-3-5-12-20/h6-7,9,13,19-20H,2-5,8,10-12,14-17H2,1H3,(H,24,27). The van der Waals surface area contributed by atoms with Gasteiger partial charge in [-0.1, -0.05) is 43.9 Å². The number of likely N-dealkylation sites (tertiary alicyclic amines) is 1. The number of carbonyl (C=O) groups is 2. The smallest absolute Gasteiger partial charge is 0.224 e. The summed E-state index contributed by atoms with van der Waals surface area (Å²) < 4.78 is 5.38. The summed E-state index contributed by atoms with van der Waals surface area (Å²) in [5.41, 5.74) is 1.17. The molecule has 5 heteroatoms. The fourth-order valence-electron chi connectivity index (χ4n) is 4.55. The van der Waals surface area contributed by atoms with Gasteiger partial charge in [-0.25, -0.2) is 0 Å². The Morgan fingerprint density at radius 2 is 1.89 bits per heavy atom. The first kappa shape index (κ1) is 20.7. The highest BCUT2D eigenvalue weighted by Crippen LogP contribution is 2.27. The van der Waals surface area contributed by atoms with E-state index in [-0.39, 0.29) is 17.7 Å². The Bertz CT molecular complexity index is 653. The third-order valence-electron chi connectivity index (χ3n) is 6.19. The lowest BCUT2D eigenvalue weighted by Gasteiger charge is -2.37. The Morgan fingerprint density at radius 1 is 1.14 bits per heavy atom.